The lowest BCUT2D eigenvalue weighted by Gasteiger charge is -2.36. The van der Waals surface area contributed by atoms with Crippen LogP contribution in [0.1, 0.15) is 39.5 Å². The summed E-state index contributed by atoms with van der Waals surface area (Å²) in [6.45, 7) is 4.26. The third-order valence-corrected chi connectivity index (χ3v) is 6.08. The molecule has 0 aromatic rings. The Hall–Kier alpha value is -0.830. The minimum absolute atomic E-state index is 0.103. The van der Waals surface area contributed by atoms with E-state index in [4.69, 9.17) is 0 Å². The SMILES string of the molecule is C[C@@H]1CC[C@H]2C=C(CO)[C@@H]3C[C@@](C)(C(=O)O)C[C@]123. The predicted octanol–water partition coefficient (Wildman–Crippen LogP) is 2.45. The summed E-state index contributed by atoms with van der Waals surface area (Å²) in [6, 6.07) is 0. The van der Waals surface area contributed by atoms with Crippen LogP contribution in [-0.4, -0.2) is 22.8 Å². The molecule has 0 aromatic heterocycles. The van der Waals surface area contributed by atoms with Gasteiger partial charge >= 0.3 is 5.97 Å². The van der Waals surface area contributed by atoms with Gasteiger partial charge < -0.3 is 10.2 Å². The molecule has 5 atom stereocenters. The molecule has 2 fully saturated rings. The average Bonchev–Trinajstić information content (AvgIpc) is 2.87. The molecule has 0 aliphatic heterocycles. The standard InChI is InChI=1S/C15H22O3/c1-9-3-4-11-5-10(7-16)12-6-14(2,13(17)18)8-15(9,11)12/h5,9,11-12,16H,3-4,6-8H2,1-2H3,(H,17,18)/t9-,11+,12+,14-,15+/m1/s1. The first kappa shape index (κ1) is 12.2. The molecule has 0 heterocycles. The molecule has 0 bridgehead atoms. The van der Waals surface area contributed by atoms with Crippen LogP contribution in [0.3, 0.4) is 0 Å². The van der Waals surface area contributed by atoms with Gasteiger partial charge in [-0.25, -0.2) is 0 Å². The lowest BCUT2D eigenvalue weighted by Crippen LogP contribution is -2.33. The summed E-state index contributed by atoms with van der Waals surface area (Å²) < 4.78 is 0. The van der Waals surface area contributed by atoms with Gasteiger partial charge in [-0.3, -0.25) is 4.79 Å². The van der Waals surface area contributed by atoms with Crippen LogP contribution in [0, 0.1) is 28.6 Å². The van der Waals surface area contributed by atoms with Crippen molar-refractivity contribution in [2.24, 2.45) is 28.6 Å². The number of hydrogen-bond donors (Lipinski definition) is 2. The zero-order valence-corrected chi connectivity index (χ0v) is 11.1. The number of aliphatic hydroxyl groups excluding tert-OH is 1. The third kappa shape index (κ3) is 1.26. The highest BCUT2D eigenvalue weighted by Gasteiger charge is 2.65. The zero-order valence-electron chi connectivity index (χ0n) is 11.1. The number of aliphatic hydroxyl groups is 1. The van der Waals surface area contributed by atoms with Crippen LogP contribution in [0.15, 0.2) is 11.6 Å². The van der Waals surface area contributed by atoms with Crippen molar-refractivity contribution in [1.82, 2.24) is 0 Å². The number of rotatable bonds is 2. The molecule has 1 spiro atoms. The predicted molar refractivity (Wildman–Crippen MR) is 68.0 cm³/mol. The quantitative estimate of drug-likeness (QED) is 0.740. The van der Waals surface area contributed by atoms with E-state index in [1.54, 1.807) is 0 Å². The van der Waals surface area contributed by atoms with Gasteiger partial charge in [0.1, 0.15) is 0 Å². The van der Waals surface area contributed by atoms with Gasteiger partial charge in [0.15, 0.2) is 0 Å². The maximum Gasteiger partial charge on any atom is 0.309 e. The van der Waals surface area contributed by atoms with Crippen LogP contribution in [0.5, 0.6) is 0 Å². The van der Waals surface area contributed by atoms with Gasteiger partial charge in [-0.2, -0.15) is 0 Å². The van der Waals surface area contributed by atoms with Crippen LogP contribution < -0.4 is 0 Å². The second-order valence-corrected chi connectivity index (χ2v) is 6.90. The third-order valence-electron chi connectivity index (χ3n) is 6.08. The van der Waals surface area contributed by atoms with Gasteiger partial charge in [-0.15, -0.1) is 0 Å². The Balaban J connectivity index is 2.04. The van der Waals surface area contributed by atoms with Gasteiger partial charge in [-0.05, 0) is 61.3 Å². The lowest BCUT2D eigenvalue weighted by atomic mass is 9.67. The zero-order chi connectivity index (χ0) is 13.1. The lowest BCUT2D eigenvalue weighted by molar-refractivity contribution is -0.148. The molecule has 0 saturated heterocycles. The van der Waals surface area contributed by atoms with E-state index in [1.165, 1.54) is 6.42 Å². The molecule has 3 nitrogen and oxygen atoms in total. The van der Waals surface area contributed by atoms with Crippen LogP contribution in [0.25, 0.3) is 0 Å². The normalized spacial score (nSPS) is 49.9. The molecule has 3 aliphatic rings. The van der Waals surface area contributed by atoms with Gasteiger partial charge in [0, 0.05) is 0 Å². The fraction of sp³-hybridized carbons (Fsp3) is 0.800. The second kappa shape index (κ2) is 3.60. The molecule has 0 amide bonds. The minimum Gasteiger partial charge on any atom is -0.481 e. The maximum atomic E-state index is 11.6. The van der Waals surface area contributed by atoms with E-state index < -0.39 is 11.4 Å². The first-order valence-electron chi connectivity index (χ1n) is 6.99. The highest BCUT2D eigenvalue weighted by molar-refractivity contribution is 5.75. The average molecular weight is 250 g/mol. The van der Waals surface area contributed by atoms with Crippen molar-refractivity contribution in [3.8, 4) is 0 Å². The molecular formula is C15H22O3. The molecule has 0 aromatic carbocycles. The van der Waals surface area contributed by atoms with Gasteiger partial charge in [-0.1, -0.05) is 13.0 Å². The highest BCUT2D eigenvalue weighted by atomic mass is 16.4. The van der Waals surface area contributed by atoms with Crippen LogP contribution in [0.2, 0.25) is 0 Å². The van der Waals surface area contributed by atoms with Crippen molar-refractivity contribution in [3.63, 3.8) is 0 Å². The number of carboxylic acids is 1. The molecule has 3 aliphatic carbocycles. The van der Waals surface area contributed by atoms with Crippen molar-refractivity contribution >= 4 is 5.97 Å². The van der Waals surface area contributed by atoms with E-state index in [0.29, 0.717) is 24.2 Å². The molecular weight excluding hydrogens is 228 g/mol. The minimum atomic E-state index is -0.665. The van der Waals surface area contributed by atoms with E-state index in [-0.39, 0.29) is 12.0 Å². The van der Waals surface area contributed by atoms with E-state index in [1.807, 2.05) is 6.92 Å². The summed E-state index contributed by atoms with van der Waals surface area (Å²) >= 11 is 0. The Kier molecular flexibility index (Phi) is 2.44. The van der Waals surface area contributed by atoms with Crippen molar-refractivity contribution < 1.29 is 15.0 Å². The fourth-order valence-electron chi connectivity index (χ4n) is 5.17. The van der Waals surface area contributed by atoms with E-state index in [0.717, 1.165) is 18.4 Å². The van der Waals surface area contributed by atoms with Crippen molar-refractivity contribution in [2.75, 3.05) is 6.61 Å². The Bertz CT molecular complexity index is 427. The number of allylic oxidation sites excluding steroid dienone is 1. The topological polar surface area (TPSA) is 57.5 Å². The monoisotopic (exact) mass is 250 g/mol. The summed E-state index contributed by atoms with van der Waals surface area (Å²) in [5.41, 5.74) is 0.637. The smallest absolute Gasteiger partial charge is 0.309 e. The Morgan fingerprint density at radius 1 is 1.50 bits per heavy atom. The van der Waals surface area contributed by atoms with Crippen LogP contribution >= 0.6 is 0 Å². The Morgan fingerprint density at radius 2 is 2.22 bits per heavy atom. The number of hydrogen-bond acceptors (Lipinski definition) is 2. The summed E-state index contributed by atoms with van der Waals surface area (Å²) in [7, 11) is 0. The molecule has 2 N–H and O–H groups in total. The van der Waals surface area contributed by atoms with E-state index in [2.05, 4.69) is 13.0 Å². The molecule has 3 heteroatoms. The molecule has 100 valence electrons. The summed E-state index contributed by atoms with van der Waals surface area (Å²) in [5.74, 6) is 0.710. The number of carbonyl (C=O) groups is 1. The van der Waals surface area contributed by atoms with E-state index >= 15 is 0 Å². The summed E-state index contributed by atoms with van der Waals surface area (Å²) in [6.07, 6.45) is 6.11. The largest absolute Gasteiger partial charge is 0.481 e. The number of carboxylic acid groups (broad SMARTS) is 1. The van der Waals surface area contributed by atoms with Crippen molar-refractivity contribution in [1.29, 1.82) is 0 Å². The van der Waals surface area contributed by atoms with Crippen LogP contribution in [-0.2, 0) is 4.79 Å². The summed E-state index contributed by atoms with van der Waals surface area (Å²) in [4.78, 5) is 11.6. The Morgan fingerprint density at radius 3 is 2.83 bits per heavy atom. The maximum absolute atomic E-state index is 11.6. The summed E-state index contributed by atoms with van der Waals surface area (Å²) in [5, 5.41) is 19.1. The molecule has 2 saturated carbocycles. The van der Waals surface area contributed by atoms with E-state index in [9.17, 15) is 15.0 Å². The molecule has 3 rings (SSSR count). The van der Waals surface area contributed by atoms with Crippen molar-refractivity contribution in [2.45, 2.75) is 39.5 Å². The van der Waals surface area contributed by atoms with Gasteiger partial charge in [0.05, 0.1) is 12.0 Å². The van der Waals surface area contributed by atoms with Gasteiger partial charge in [0.2, 0.25) is 0 Å². The first-order chi connectivity index (χ1) is 8.44. The Labute approximate surface area is 108 Å². The molecule has 0 unspecified atom stereocenters. The highest BCUT2D eigenvalue weighted by Crippen LogP contribution is 2.70. The first-order valence-corrected chi connectivity index (χ1v) is 6.99. The van der Waals surface area contributed by atoms with Crippen LogP contribution in [0.4, 0.5) is 0 Å². The van der Waals surface area contributed by atoms with Gasteiger partial charge in [0.25, 0.3) is 0 Å². The fourth-order valence-corrected chi connectivity index (χ4v) is 5.17. The molecule has 0 radical (unpaired) electrons. The number of aliphatic carboxylic acids is 1. The van der Waals surface area contributed by atoms with Crippen molar-refractivity contribution in [3.05, 3.63) is 11.6 Å². The molecule has 18 heavy (non-hydrogen) atoms. The second-order valence-electron chi connectivity index (χ2n) is 6.90.